The number of hydrogen-bond acceptors (Lipinski definition) is 3. The van der Waals surface area contributed by atoms with E-state index >= 15 is 0 Å². The van der Waals surface area contributed by atoms with Crippen molar-refractivity contribution in [2.75, 3.05) is 0 Å². The second-order valence-electron chi connectivity index (χ2n) is 8.13. The number of rotatable bonds is 3. The Morgan fingerprint density at radius 2 is 1.83 bits per heavy atom. The van der Waals surface area contributed by atoms with Gasteiger partial charge in [-0.1, -0.05) is 18.5 Å². The summed E-state index contributed by atoms with van der Waals surface area (Å²) in [6.07, 6.45) is 6.20. The highest BCUT2D eigenvalue weighted by molar-refractivity contribution is 6.31. The molecular weight excluding hydrogens is 387 g/mol. The Labute approximate surface area is 173 Å². The normalized spacial score (nSPS) is 20.9. The third kappa shape index (κ3) is 3.51. The van der Waals surface area contributed by atoms with Crippen LogP contribution < -0.4 is 0 Å². The first-order valence-electron chi connectivity index (χ1n) is 10.2. The summed E-state index contributed by atoms with van der Waals surface area (Å²) in [4.78, 5) is 9.07. The first-order valence-corrected chi connectivity index (χ1v) is 10.6. The van der Waals surface area contributed by atoms with Crippen molar-refractivity contribution in [2.24, 2.45) is 5.92 Å². The molecule has 29 heavy (non-hydrogen) atoms. The predicted molar refractivity (Wildman–Crippen MR) is 114 cm³/mol. The van der Waals surface area contributed by atoms with Crippen molar-refractivity contribution < 1.29 is 8.81 Å². The van der Waals surface area contributed by atoms with Gasteiger partial charge in [-0.3, -0.25) is 4.98 Å². The molecule has 0 aliphatic heterocycles. The van der Waals surface area contributed by atoms with Gasteiger partial charge in [0.1, 0.15) is 11.3 Å². The van der Waals surface area contributed by atoms with Crippen LogP contribution in [-0.4, -0.2) is 9.97 Å². The minimum Gasteiger partial charge on any atom is -0.440 e. The maximum atomic E-state index is 13.8. The van der Waals surface area contributed by atoms with Crippen molar-refractivity contribution in [1.29, 1.82) is 0 Å². The Morgan fingerprint density at radius 1 is 1.03 bits per heavy atom. The molecule has 2 heterocycles. The van der Waals surface area contributed by atoms with Gasteiger partial charge in [-0.15, -0.1) is 0 Å². The van der Waals surface area contributed by atoms with Crippen LogP contribution in [0.15, 0.2) is 53.1 Å². The van der Waals surface area contributed by atoms with Crippen molar-refractivity contribution in [3.8, 4) is 0 Å². The van der Waals surface area contributed by atoms with E-state index in [1.54, 1.807) is 12.1 Å². The molecule has 1 saturated carbocycles. The number of hydrogen-bond donors (Lipinski definition) is 0. The van der Waals surface area contributed by atoms with Gasteiger partial charge in [-0.2, -0.15) is 0 Å². The van der Waals surface area contributed by atoms with Gasteiger partial charge < -0.3 is 4.42 Å². The lowest BCUT2D eigenvalue weighted by Gasteiger charge is -2.31. The fraction of sp³-hybridized carbons (Fsp3) is 0.333. The first kappa shape index (κ1) is 18.6. The van der Waals surface area contributed by atoms with E-state index in [2.05, 4.69) is 23.0 Å². The topological polar surface area (TPSA) is 38.9 Å². The lowest BCUT2D eigenvalue weighted by atomic mass is 9.74. The second kappa shape index (κ2) is 7.42. The maximum Gasteiger partial charge on any atom is 0.198 e. The predicted octanol–water partition coefficient (Wildman–Crippen LogP) is 7.25. The van der Waals surface area contributed by atoms with Crippen LogP contribution >= 0.6 is 11.6 Å². The van der Waals surface area contributed by atoms with E-state index in [1.807, 2.05) is 24.4 Å². The first-order chi connectivity index (χ1) is 14.1. The van der Waals surface area contributed by atoms with Crippen LogP contribution in [0, 0.1) is 11.7 Å². The van der Waals surface area contributed by atoms with Gasteiger partial charge in [0, 0.05) is 28.6 Å². The van der Waals surface area contributed by atoms with Crippen molar-refractivity contribution in [1.82, 2.24) is 9.97 Å². The minimum absolute atomic E-state index is 0.204. The molecule has 0 N–H and O–H groups in total. The van der Waals surface area contributed by atoms with E-state index in [9.17, 15) is 4.39 Å². The fourth-order valence-corrected chi connectivity index (χ4v) is 4.90. The molecule has 0 amide bonds. The van der Waals surface area contributed by atoms with Gasteiger partial charge in [0.25, 0.3) is 0 Å². The zero-order chi connectivity index (χ0) is 20.0. The molecule has 0 radical (unpaired) electrons. The summed E-state index contributed by atoms with van der Waals surface area (Å²) in [5.41, 5.74) is 3.69. The monoisotopic (exact) mass is 408 g/mol. The summed E-state index contributed by atoms with van der Waals surface area (Å²) >= 11 is 6.07. The fourth-order valence-electron chi connectivity index (χ4n) is 4.74. The van der Waals surface area contributed by atoms with E-state index in [-0.39, 0.29) is 11.7 Å². The van der Waals surface area contributed by atoms with Crippen LogP contribution in [0.5, 0.6) is 0 Å². The highest BCUT2D eigenvalue weighted by Crippen LogP contribution is 2.43. The molecule has 1 unspecified atom stereocenters. The molecule has 5 heteroatoms. The molecule has 4 aromatic rings. The average molecular weight is 409 g/mol. The van der Waals surface area contributed by atoms with Crippen LogP contribution in [-0.2, 0) is 0 Å². The van der Waals surface area contributed by atoms with E-state index < -0.39 is 0 Å². The molecule has 1 aliphatic rings. The summed E-state index contributed by atoms with van der Waals surface area (Å²) in [7, 11) is 0. The van der Waals surface area contributed by atoms with Crippen LogP contribution in [0.1, 0.15) is 55.9 Å². The molecule has 2 aromatic carbocycles. The molecular formula is C24H22ClFN2O. The zero-order valence-electron chi connectivity index (χ0n) is 16.2. The van der Waals surface area contributed by atoms with E-state index in [1.165, 1.54) is 11.6 Å². The third-order valence-corrected chi connectivity index (χ3v) is 6.65. The number of fused-ring (bicyclic) bond motifs is 2. The summed E-state index contributed by atoms with van der Waals surface area (Å²) in [6, 6.07) is 12.5. The standard InChI is InChI=1S/C24H22ClFN2O/c1-14(24-28-22-8-6-17(25)12-23(22)29-24)15-2-4-16(5-3-15)19-10-11-27-21-9-7-18(26)13-20(19)21/h6-16H,2-5H2,1H3. The Hall–Kier alpha value is -2.46. The second-order valence-corrected chi connectivity index (χ2v) is 8.56. The van der Waals surface area contributed by atoms with Crippen molar-refractivity contribution in [2.45, 2.75) is 44.4 Å². The summed E-state index contributed by atoms with van der Waals surface area (Å²) < 4.78 is 19.8. The molecule has 1 fully saturated rings. The highest BCUT2D eigenvalue weighted by Gasteiger charge is 2.30. The Kier molecular flexibility index (Phi) is 4.75. The summed E-state index contributed by atoms with van der Waals surface area (Å²) in [6.45, 7) is 2.20. The molecule has 148 valence electrons. The van der Waals surface area contributed by atoms with E-state index in [4.69, 9.17) is 16.0 Å². The van der Waals surface area contributed by atoms with Gasteiger partial charge in [0.2, 0.25) is 0 Å². The van der Waals surface area contributed by atoms with Gasteiger partial charge in [0.05, 0.1) is 5.52 Å². The molecule has 0 spiro atoms. The number of halogens is 2. The number of benzene rings is 2. The summed E-state index contributed by atoms with van der Waals surface area (Å²) in [5, 5.41) is 1.61. The number of oxazole rings is 1. The highest BCUT2D eigenvalue weighted by atomic mass is 35.5. The van der Waals surface area contributed by atoms with Crippen molar-refractivity contribution in [3.63, 3.8) is 0 Å². The lowest BCUT2D eigenvalue weighted by molar-refractivity contribution is 0.268. The Morgan fingerprint density at radius 3 is 2.66 bits per heavy atom. The van der Waals surface area contributed by atoms with Crippen LogP contribution in [0.4, 0.5) is 4.39 Å². The molecule has 0 saturated heterocycles. The number of aromatic nitrogens is 2. The largest absolute Gasteiger partial charge is 0.440 e. The minimum atomic E-state index is -0.204. The molecule has 5 rings (SSSR count). The van der Waals surface area contributed by atoms with Gasteiger partial charge >= 0.3 is 0 Å². The smallest absolute Gasteiger partial charge is 0.198 e. The van der Waals surface area contributed by atoms with Crippen LogP contribution in [0.3, 0.4) is 0 Å². The third-order valence-electron chi connectivity index (χ3n) is 6.41. The number of pyridine rings is 1. The van der Waals surface area contributed by atoms with Crippen molar-refractivity contribution in [3.05, 3.63) is 71.0 Å². The molecule has 0 bridgehead atoms. The maximum absolute atomic E-state index is 13.8. The lowest BCUT2D eigenvalue weighted by Crippen LogP contribution is -2.18. The summed E-state index contributed by atoms with van der Waals surface area (Å²) in [5.74, 6) is 1.81. The molecule has 1 aliphatic carbocycles. The quantitative estimate of drug-likeness (QED) is 0.358. The SMILES string of the molecule is CC(c1nc2ccc(Cl)cc2o1)C1CCC(c2ccnc3ccc(F)cc23)CC1. The van der Waals surface area contributed by atoms with Gasteiger partial charge in [-0.25, -0.2) is 9.37 Å². The Bertz CT molecular complexity index is 1180. The van der Waals surface area contributed by atoms with Gasteiger partial charge in [-0.05, 0) is 79.5 Å². The molecule has 1 atom stereocenters. The Balaban J connectivity index is 1.34. The zero-order valence-corrected chi connectivity index (χ0v) is 17.0. The molecule has 3 nitrogen and oxygen atoms in total. The van der Waals surface area contributed by atoms with E-state index in [0.717, 1.165) is 53.6 Å². The van der Waals surface area contributed by atoms with Crippen LogP contribution in [0.25, 0.3) is 22.0 Å². The van der Waals surface area contributed by atoms with Gasteiger partial charge in [0.15, 0.2) is 11.5 Å². The average Bonchev–Trinajstić information content (AvgIpc) is 3.16. The van der Waals surface area contributed by atoms with Crippen molar-refractivity contribution >= 4 is 33.6 Å². The number of nitrogens with zero attached hydrogens (tertiary/aromatic N) is 2. The van der Waals surface area contributed by atoms with Crippen LogP contribution in [0.2, 0.25) is 5.02 Å². The van der Waals surface area contributed by atoms with E-state index in [0.29, 0.717) is 16.9 Å². The molecule has 2 aromatic heterocycles.